The molecule has 0 aliphatic carbocycles. The van der Waals surface area contributed by atoms with Crippen LogP contribution >= 0.6 is 0 Å². The molecule has 78 valence electrons. The molecule has 3 heteroatoms. The highest BCUT2D eigenvalue weighted by molar-refractivity contribution is 4.77. The third-order valence-electron chi connectivity index (χ3n) is 2.41. The molecule has 0 aromatic heterocycles. The maximum atomic E-state index is 5.85. The summed E-state index contributed by atoms with van der Waals surface area (Å²) in [6.45, 7) is 7.01. The average molecular weight is 187 g/mol. The van der Waals surface area contributed by atoms with Gasteiger partial charge in [0.1, 0.15) is 0 Å². The van der Waals surface area contributed by atoms with Crippen LogP contribution in [0.4, 0.5) is 0 Å². The van der Waals surface area contributed by atoms with Crippen molar-refractivity contribution in [3.05, 3.63) is 0 Å². The Balaban J connectivity index is 2.54. The van der Waals surface area contributed by atoms with Gasteiger partial charge in [0.25, 0.3) is 0 Å². The molecule has 0 aromatic carbocycles. The van der Waals surface area contributed by atoms with Crippen LogP contribution in [0.25, 0.3) is 0 Å². The van der Waals surface area contributed by atoms with E-state index in [0.717, 1.165) is 19.4 Å². The third-order valence-corrected chi connectivity index (χ3v) is 2.41. The summed E-state index contributed by atoms with van der Waals surface area (Å²) in [6.07, 6.45) is 2.72. The largest absolute Gasteiger partial charge is 0.346 e. The Bertz CT molecular complexity index is 163. The van der Waals surface area contributed by atoms with Crippen molar-refractivity contribution in [1.82, 2.24) is 5.32 Å². The molecule has 0 bridgehead atoms. The Morgan fingerprint density at radius 3 is 2.69 bits per heavy atom. The minimum absolute atomic E-state index is 0.303. The second kappa shape index (κ2) is 4.40. The molecule has 0 spiro atoms. The maximum Gasteiger partial charge on any atom is 0.178 e. The Morgan fingerprint density at radius 2 is 2.15 bits per heavy atom. The molecule has 0 amide bonds. The van der Waals surface area contributed by atoms with Crippen molar-refractivity contribution in [1.29, 1.82) is 0 Å². The zero-order valence-corrected chi connectivity index (χ0v) is 9.09. The van der Waals surface area contributed by atoms with Crippen molar-refractivity contribution in [2.45, 2.75) is 51.6 Å². The summed E-state index contributed by atoms with van der Waals surface area (Å²) in [6, 6.07) is 0. The highest BCUT2D eigenvalue weighted by Crippen LogP contribution is 2.27. The quantitative estimate of drug-likeness (QED) is 0.726. The van der Waals surface area contributed by atoms with Crippen LogP contribution in [0.3, 0.4) is 0 Å². The fourth-order valence-corrected chi connectivity index (χ4v) is 1.93. The summed E-state index contributed by atoms with van der Waals surface area (Å²) in [5, 5.41) is 3.09. The van der Waals surface area contributed by atoms with E-state index in [1.54, 1.807) is 0 Å². The Kier molecular flexibility index (Phi) is 3.71. The molecule has 1 N–H and O–H groups in total. The predicted octanol–water partition coefficient (Wildman–Crippen LogP) is 1.53. The van der Waals surface area contributed by atoms with Crippen LogP contribution in [0, 0.1) is 0 Å². The summed E-state index contributed by atoms with van der Waals surface area (Å²) in [5.41, 5.74) is 0. The van der Waals surface area contributed by atoms with Crippen LogP contribution < -0.4 is 5.32 Å². The number of likely N-dealkylation sites (N-methyl/N-ethyl adjacent to an activating group) is 1. The van der Waals surface area contributed by atoms with Crippen molar-refractivity contribution in [2.75, 3.05) is 13.6 Å². The van der Waals surface area contributed by atoms with Crippen molar-refractivity contribution < 1.29 is 9.47 Å². The first-order valence-electron chi connectivity index (χ1n) is 5.10. The molecule has 1 aliphatic rings. The van der Waals surface area contributed by atoms with Crippen molar-refractivity contribution >= 4 is 0 Å². The second-order valence-corrected chi connectivity index (χ2v) is 3.98. The van der Waals surface area contributed by atoms with Crippen molar-refractivity contribution in [2.24, 2.45) is 0 Å². The van der Waals surface area contributed by atoms with Gasteiger partial charge in [-0.15, -0.1) is 0 Å². The van der Waals surface area contributed by atoms with E-state index in [1.807, 2.05) is 14.0 Å². The standard InChI is InChI=1S/C10H21NO2/c1-5-9-6-8(2)12-10(3,13-9)7-11-4/h8-9,11H,5-7H2,1-4H3. The van der Waals surface area contributed by atoms with Crippen molar-refractivity contribution in [3.63, 3.8) is 0 Å². The van der Waals surface area contributed by atoms with Gasteiger partial charge in [-0.3, -0.25) is 0 Å². The molecule has 0 radical (unpaired) electrons. The van der Waals surface area contributed by atoms with E-state index in [2.05, 4.69) is 19.2 Å². The van der Waals surface area contributed by atoms with E-state index in [-0.39, 0.29) is 0 Å². The van der Waals surface area contributed by atoms with E-state index in [0.29, 0.717) is 12.2 Å². The number of ether oxygens (including phenoxy) is 2. The lowest BCUT2D eigenvalue weighted by atomic mass is 10.1. The molecule has 3 unspecified atom stereocenters. The lowest BCUT2D eigenvalue weighted by Gasteiger charge is -2.41. The SMILES string of the molecule is CCC1CC(C)OC(C)(CNC)O1. The first kappa shape index (κ1) is 11.0. The van der Waals surface area contributed by atoms with E-state index < -0.39 is 5.79 Å². The molecule has 1 heterocycles. The summed E-state index contributed by atoms with van der Waals surface area (Å²) in [5.74, 6) is -0.437. The third kappa shape index (κ3) is 2.93. The van der Waals surface area contributed by atoms with Crippen LogP contribution in [0.5, 0.6) is 0 Å². The molecule has 1 rings (SSSR count). The van der Waals surface area contributed by atoms with Crippen LogP contribution in [-0.4, -0.2) is 31.6 Å². The Morgan fingerprint density at radius 1 is 1.46 bits per heavy atom. The van der Waals surface area contributed by atoms with Gasteiger partial charge in [0.05, 0.1) is 12.2 Å². The summed E-state index contributed by atoms with van der Waals surface area (Å²) < 4.78 is 11.6. The molecular formula is C10H21NO2. The lowest BCUT2D eigenvalue weighted by molar-refractivity contribution is -0.302. The van der Waals surface area contributed by atoms with Gasteiger partial charge in [0.2, 0.25) is 0 Å². The van der Waals surface area contributed by atoms with Gasteiger partial charge in [0, 0.05) is 6.54 Å². The zero-order valence-electron chi connectivity index (χ0n) is 9.09. The van der Waals surface area contributed by atoms with E-state index >= 15 is 0 Å². The van der Waals surface area contributed by atoms with Gasteiger partial charge in [-0.1, -0.05) is 6.92 Å². The molecule has 1 aliphatic heterocycles. The van der Waals surface area contributed by atoms with Gasteiger partial charge in [0.15, 0.2) is 5.79 Å². The van der Waals surface area contributed by atoms with Crippen LogP contribution in [-0.2, 0) is 9.47 Å². The smallest absolute Gasteiger partial charge is 0.178 e. The van der Waals surface area contributed by atoms with Crippen LogP contribution in [0.1, 0.15) is 33.6 Å². The average Bonchev–Trinajstić information content (AvgIpc) is 2.02. The van der Waals surface area contributed by atoms with Gasteiger partial charge in [-0.25, -0.2) is 0 Å². The minimum atomic E-state index is -0.437. The molecule has 13 heavy (non-hydrogen) atoms. The molecule has 0 saturated carbocycles. The molecular weight excluding hydrogens is 166 g/mol. The summed E-state index contributed by atoms with van der Waals surface area (Å²) in [7, 11) is 1.91. The normalized spacial score (nSPS) is 40.6. The Hall–Kier alpha value is -0.120. The number of hydrogen-bond acceptors (Lipinski definition) is 3. The van der Waals surface area contributed by atoms with Crippen LogP contribution in [0.15, 0.2) is 0 Å². The van der Waals surface area contributed by atoms with Gasteiger partial charge < -0.3 is 14.8 Å². The number of rotatable bonds is 3. The first-order chi connectivity index (χ1) is 6.09. The van der Waals surface area contributed by atoms with Gasteiger partial charge in [-0.05, 0) is 33.7 Å². The zero-order chi connectivity index (χ0) is 9.90. The van der Waals surface area contributed by atoms with Crippen molar-refractivity contribution in [3.8, 4) is 0 Å². The van der Waals surface area contributed by atoms with Crippen LogP contribution in [0.2, 0.25) is 0 Å². The topological polar surface area (TPSA) is 30.5 Å². The predicted molar refractivity (Wildman–Crippen MR) is 52.7 cm³/mol. The summed E-state index contributed by atoms with van der Waals surface area (Å²) in [4.78, 5) is 0. The summed E-state index contributed by atoms with van der Waals surface area (Å²) >= 11 is 0. The lowest BCUT2D eigenvalue weighted by Crippen LogP contribution is -2.50. The molecule has 1 fully saturated rings. The van der Waals surface area contributed by atoms with Gasteiger partial charge >= 0.3 is 0 Å². The van der Waals surface area contributed by atoms with Gasteiger partial charge in [-0.2, -0.15) is 0 Å². The highest BCUT2D eigenvalue weighted by Gasteiger charge is 2.35. The molecule has 1 saturated heterocycles. The fourth-order valence-electron chi connectivity index (χ4n) is 1.93. The van der Waals surface area contributed by atoms with E-state index in [1.165, 1.54) is 0 Å². The van der Waals surface area contributed by atoms with E-state index in [4.69, 9.17) is 9.47 Å². The number of nitrogens with one attached hydrogen (secondary N) is 1. The fraction of sp³-hybridized carbons (Fsp3) is 1.00. The molecule has 3 nitrogen and oxygen atoms in total. The number of hydrogen-bond donors (Lipinski definition) is 1. The second-order valence-electron chi connectivity index (χ2n) is 3.98. The minimum Gasteiger partial charge on any atom is -0.346 e. The Labute approximate surface area is 80.8 Å². The maximum absolute atomic E-state index is 5.85. The van der Waals surface area contributed by atoms with E-state index in [9.17, 15) is 0 Å². The monoisotopic (exact) mass is 187 g/mol. The first-order valence-corrected chi connectivity index (χ1v) is 5.10. The molecule has 3 atom stereocenters. The molecule has 0 aromatic rings. The highest BCUT2D eigenvalue weighted by atomic mass is 16.7.